The Morgan fingerprint density at radius 3 is 2.62 bits per heavy atom. The van der Waals surface area contributed by atoms with E-state index in [1.165, 1.54) is 7.11 Å². The van der Waals surface area contributed by atoms with Crippen LogP contribution >= 0.6 is 24.0 Å². The smallest absolute Gasteiger partial charge is 0.310 e. The minimum absolute atomic E-state index is 0. The van der Waals surface area contributed by atoms with E-state index in [-0.39, 0.29) is 41.8 Å². The Hall–Kier alpha value is -0.570. The molecule has 0 amide bonds. The first-order valence-corrected chi connectivity index (χ1v) is 8.75. The van der Waals surface area contributed by atoms with Crippen molar-refractivity contribution in [1.82, 2.24) is 15.1 Å². The second kappa shape index (κ2) is 11.9. The third-order valence-electron chi connectivity index (χ3n) is 4.81. The zero-order chi connectivity index (χ0) is 17.4. The first-order chi connectivity index (χ1) is 10.9. The second-order valence-electron chi connectivity index (χ2n) is 6.49. The molecule has 7 heteroatoms. The molecule has 0 aliphatic carbocycles. The van der Waals surface area contributed by atoms with Crippen LogP contribution in [0.2, 0.25) is 0 Å². The Kier molecular flexibility index (Phi) is 11.6. The molecule has 1 saturated heterocycles. The van der Waals surface area contributed by atoms with Gasteiger partial charge in [0.2, 0.25) is 0 Å². The van der Waals surface area contributed by atoms with Crippen molar-refractivity contribution < 1.29 is 9.53 Å². The maximum Gasteiger partial charge on any atom is 0.310 e. The maximum absolute atomic E-state index is 11.8. The number of likely N-dealkylation sites (N-methyl/N-ethyl adjacent to an activating group) is 1. The lowest BCUT2D eigenvalue weighted by atomic mass is 9.99. The summed E-state index contributed by atoms with van der Waals surface area (Å²) in [5.41, 5.74) is 0. The number of nitrogens with one attached hydrogen (secondary N) is 1. The van der Waals surface area contributed by atoms with Crippen LogP contribution in [0.4, 0.5) is 0 Å². The number of hydrogen-bond donors (Lipinski definition) is 1. The van der Waals surface area contributed by atoms with Crippen LogP contribution in [0.1, 0.15) is 34.1 Å². The Morgan fingerprint density at radius 2 is 2.08 bits per heavy atom. The molecule has 0 aromatic heterocycles. The van der Waals surface area contributed by atoms with Gasteiger partial charge in [0.15, 0.2) is 5.96 Å². The zero-order valence-corrected chi connectivity index (χ0v) is 18.4. The number of nitrogens with zero attached hydrogens (tertiary/aromatic N) is 3. The number of carbonyl (C=O) groups is 1. The van der Waals surface area contributed by atoms with E-state index >= 15 is 0 Å². The molecule has 1 heterocycles. The van der Waals surface area contributed by atoms with Gasteiger partial charge in [0.1, 0.15) is 0 Å². The highest BCUT2D eigenvalue weighted by Gasteiger charge is 2.36. The molecule has 3 unspecified atom stereocenters. The molecule has 0 spiro atoms. The number of carbonyl (C=O) groups excluding carboxylic acids is 1. The van der Waals surface area contributed by atoms with Crippen molar-refractivity contribution in [2.24, 2.45) is 16.8 Å². The molecule has 24 heavy (non-hydrogen) atoms. The van der Waals surface area contributed by atoms with Crippen molar-refractivity contribution in [3.8, 4) is 0 Å². The number of esters is 1. The van der Waals surface area contributed by atoms with E-state index in [0.29, 0.717) is 12.6 Å². The molecule has 0 saturated carbocycles. The van der Waals surface area contributed by atoms with Gasteiger partial charge < -0.3 is 19.9 Å². The quantitative estimate of drug-likeness (QED) is 0.276. The normalized spacial score (nSPS) is 22.3. The van der Waals surface area contributed by atoms with Crippen molar-refractivity contribution in [3.63, 3.8) is 0 Å². The van der Waals surface area contributed by atoms with E-state index in [4.69, 9.17) is 9.73 Å². The first kappa shape index (κ1) is 23.4. The highest BCUT2D eigenvalue weighted by Crippen LogP contribution is 2.24. The number of ether oxygens (including phenoxy) is 1. The molecule has 0 radical (unpaired) electrons. The Bertz CT molecular complexity index is 406. The van der Waals surface area contributed by atoms with Gasteiger partial charge in [0.25, 0.3) is 0 Å². The Morgan fingerprint density at radius 1 is 1.42 bits per heavy atom. The largest absolute Gasteiger partial charge is 0.469 e. The molecule has 6 nitrogen and oxygen atoms in total. The minimum atomic E-state index is -0.118. The molecule has 3 atom stereocenters. The SMILES string of the molecule is CCNC(=NCCN(C)C(C)CC)N1CC(C)C(C(=O)OC)C1.I. The summed E-state index contributed by atoms with van der Waals surface area (Å²) >= 11 is 0. The number of guanidine groups is 1. The summed E-state index contributed by atoms with van der Waals surface area (Å²) in [6, 6.07) is 0.572. The van der Waals surface area contributed by atoms with Gasteiger partial charge in [-0.1, -0.05) is 13.8 Å². The fourth-order valence-electron chi connectivity index (χ4n) is 2.87. The lowest BCUT2D eigenvalue weighted by Crippen LogP contribution is -2.41. The molecule has 0 aromatic rings. The molecule has 1 aliphatic heterocycles. The summed E-state index contributed by atoms with van der Waals surface area (Å²) in [5.74, 6) is 1.01. The standard InChI is InChI=1S/C17H34N4O2.HI/c1-7-14(4)20(5)10-9-19-17(18-8-2)21-11-13(3)15(12-21)16(22)23-6;/h13-15H,7-12H2,1-6H3,(H,18,19);1H. The average Bonchev–Trinajstić information content (AvgIpc) is 2.94. The topological polar surface area (TPSA) is 57.2 Å². The fourth-order valence-corrected chi connectivity index (χ4v) is 2.87. The van der Waals surface area contributed by atoms with Crippen LogP contribution < -0.4 is 5.32 Å². The van der Waals surface area contributed by atoms with E-state index < -0.39 is 0 Å². The van der Waals surface area contributed by atoms with Crippen molar-refractivity contribution in [3.05, 3.63) is 0 Å². The molecule has 1 fully saturated rings. The lowest BCUT2D eigenvalue weighted by Gasteiger charge is -2.24. The molecule has 1 aliphatic rings. The predicted octanol–water partition coefficient (Wildman–Crippen LogP) is 2.04. The van der Waals surface area contributed by atoms with Gasteiger partial charge in [-0.2, -0.15) is 0 Å². The molecule has 142 valence electrons. The van der Waals surface area contributed by atoms with E-state index in [0.717, 1.165) is 38.6 Å². The lowest BCUT2D eigenvalue weighted by molar-refractivity contribution is -0.145. The van der Waals surface area contributed by atoms with Crippen molar-refractivity contribution in [2.45, 2.75) is 40.2 Å². The maximum atomic E-state index is 11.8. The van der Waals surface area contributed by atoms with Gasteiger partial charge in [0, 0.05) is 32.2 Å². The molecular formula is C17H35IN4O2. The minimum Gasteiger partial charge on any atom is -0.469 e. The van der Waals surface area contributed by atoms with Crippen LogP contribution in [-0.4, -0.2) is 74.7 Å². The third kappa shape index (κ3) is 6.74. The van der Waals surface area contributed by atoms with Crippen molar-refractivity contribution in [1.29, 1.82) is 0 Å². The van der Waals surface area contributed by atoms with E-state index in [1.807, 2.05) is 0 Å². The van der Waals surface area contributed by atoms with Crippen LogP contribution in [0.5, 0.6) is 0 Å². The Balaban J connectivity index is 0.00000529. The van der Waals surface area contributed by atoms with Gasteiger partial charge in [-0.05, 0) is 33.2 Å². The number of halogens is 1. The van der Waals surface area contributed by atoms with Gasteiger partial charge in [-0.15, -0.1) is 24.0 Å². The van der Waals surface area contributed by atoms with Crippen LogP contribution in [0.3, 0.4) is 0 Å². The van der Waals surface area contributed by atoms with E-state index in [2.05, 4.69) is 49.9 Å². The third-order valence-corrected chi connectivity index (χ3v) is 4.81. The molecule has 0 bridgehead atoms. The number of rotatable bonds is 7. The van der Waals surface area contributed by atoms with Gasteiger partial charge in [0.05, 0.1) is 19.6 Å². The highest BCUT2D eigenvalue weighted by atomic mass is 127. The fraction of sp³-hybridized carbons (Fsp3) is 0.882. The van der Waals surface area contributed by atoms with Gasteiger partial charge in [-0.3, -0.25) is 9.79 Å². The molecular weight excluding hydrogens is 419 g/mol. The summed E-state index contributed by atoms with van der Waals surface area (Å²) in [6.45, 7) is 12.7. The van der Waals surface area contributed by atoms with Crippen molar-refractivity contribution >= 4 is 35.9 Å². The van der Waals surface area contributed by atoms with Crippen LogP contribution in [-0.2, 0) is 9.53 Å². The summed E-state index contributed by atoms with van der Waals surface area (Å²) < 4.78 is 4.91. The van der Waals surface area contributed by atoms with Crippen molar-refractivity contribution in [2.75, 3.05) is 46.9 Å². The second-order valence-corrected chi connectivity index (χ2v) is 6.49. The molecule has 1 N–H and O–H groups in total. The van der Waals surface area contributed by atoms with Gasteiger partial charge in [-0.25, -0.2) is 0 Å². The van der Waals surface area contributed by atoms with Crippen LogP contribution in [0, 0.1) is 11.8 Å². The average molecular weight is 454 g/mol. The highest BCUT2D eigenvalue weighted by molar-refractivity contribution is 14.0. The van der Waals surface area contributed by atoms with Gasteiger partial charge >= 0.3 is 5.97 Å². The number of hydrogen-bond acceptors (Lipinski definition) is 4. The van der Waals surface area contributed by atoms with Crippen LogP contribution in [0.15, 0.2) is 4.99 Å². The summed E-state index contributed by atoms with van der Waals surface area (Å²) in [5, 5.41) is 3.34. The number of methoxy groups -OCH3 is 1. The summed E-state index contributed by atoms with van der Waals surface area (Å²) in [7, 11) is 3.60. The zero-order valence-electron chi connectivity index (χ0n) is 16.0. The van der Waals surface area contributed by atoms with E-state index in [1.54, 1.807) is 0 Å². The number of likely N-dealkylation sites (tertiary alicyclic amines) is 1. The first-order valence-electron chi connectivity index (χ1n) is 8.75. The monoisotopic (exact) mass is 454 g/mol. The number of aliphatic imine (C=N–C) groups is 1. The summed E-state index contributed by atoms with van der Waals surface area (Å²) in [6.07, 6.45) is 1.14. The van der Waals surface area contributed by atoms with E-state index in [9.17, 15) is 4.79 Å². The predicted molar refractivity (Wildman–Crippen MR) is 110 cm³/mol. The molecule has 0 aromatic carbocycles. The van der Waals surface area contributed by atoms with Crippen LogP contribution in [0.25, 0.3) is 0 Å². The summed E-state index contributed by atoms with van der Waals surface area (Å²) in [4.78, 5) is 21.1. The Labute approximate surface area is 164 Å². The molecule has 1 rings (SSSR count).